The van der Waals surface area contributed by atoms with E-state index in [-0.39, 0.29) is 17.0 Å². The van der Waals surface area contributed by atoms with Gasteiger partial charge in [-0.2, -0.15) is 9.41 Å². The molecule has 6 nitrogen and oxygen atoms in total. The standard InChI is InChI=1S/C22H20FN3O3S/c23-21-14-8-7-11-19(21)15-24-25-22(27)17-26(16-18-9-3-1-4-10-18)30(28,29)20-12-5-2-6-13-20/h1-15H,16-17H2,(H,25,27). The minimum atomic E-state index is -3.92. The van der Waals surface area contributed by atoms with Gasteiger partial charge in [0.1, 0.15) is 5.82 Å². The molecule has 0 aromatic heterocycles. The second kappa shape index (κ2) is 9.91. The molecule has 0 spiro atoms. The predicted octanol–water partition coefficient (Wildman–Crippen LogP) is 3.17. The molecule has 154 valence electrons. The van der Waals surface area contributed by atoms with E-state index in [9.17, 15) is 17.6 Å². The molecule has 0 saturated carbocycles. The fourth-order valence-electron chi connectivity index (χ4n) is 2.70. The van der Waals surface area contributed by atoms with Crippen molar-refractivity contribution in [3.63, 3.8) is 0 Å². The van der Waals surface area contributed by atoms with Crippen molar-refractivity contribution in [2.45, 2.75) is 11.4 Å². The third-order valence-corrected chi connectivity index (χ3v) is 6.01. The third kappa shape index (κ3) is 5.59. The van der Waals surface area contributed by atoms with E-state index in [2.05, 4.69) is 10.5 Å². The Bertz CT molecular complexity index is 1120. The highest BCUT2D eigenvalue weighted by Gasteiger charge is 2.26. The molecule has 3 aromatic rings. The van der Waals surface area contributed by atoms with Crippen LogP contribution in [0.4, 0.5) is 4.39 Å². The van der Waals surface area contributed by atoms with E-state index < -0.39 is 28.3 Å². The highest BCUT2D eigenvalue weighted by molar-refractivity contribution is 7.89. The first-order valence-electron chi connectivity index (χ1n) is 9.12. The number of carbonyl (C=O) groups excluding carboxylic acids is 1. The lowest BCUT2D eigenvalue weighted by molar-refractivity contribution is -0.121. The van der Waals surface area contributed by atoms with Gasteiger partial charge in [0.25, 0.3) is 5.91 Å². The maximum Gasteiger partial charge on any atom is 0.255 e. The Morgan fingerprint density at radius 2 is 1.53 bits per heavy atom. The van der Waals surface area contributed by atoms with Crippen molar-refractivity contribution >= 4 is 22.1 Å². The van der Waals surface area contributed by atoms with Crippen molar-refractivity contribution in [3.05, 3.63) is 102 Å². The van der Waals surface area contributed by atoms with E-state index in [1.165, 1.54) is 30.5 Å². The zero-order chi connectivity index (χ0) is 21.4. The van der Waals surface area contributed by atoms with Crippen molar-refractivity contribution in [1.82, 2.24) is 9.73 Å². The molecule has 0 fully saturated rings. The molecule has 0 atom stereocenters. The molecule has 0 bridgehead atoms. The first-order valence-corrected chi connectivity index (χ1v) is 10.6. The topological polar surface area (TPSA) is 78.8 Å². The molecular weight excluding hydrogens is 405 g/mol. The summed E-state index contributed by atoms with van der Waals surface area (Å²) < 4.78 is 40.8. The van der Waals surface area contributed by atoms with Gasteiger partial charge >= 0.3 is 0 Å². The summed E-state index contributed by atoms with van der Waals surface area (Å²) in [5.41, 5.74) is 3.20. The lowest BCUT2D eigenvalue weighted by Gasteiger charge is -2.21. The quantitative estimate of drug-likeness (QED) is 0.445. The number of hydrogen-bond acceptors (Lipinski definition) is 4. The van der Waals surface area contributed by atoms with Crippen LogP contribution in [0.1, 0.15) is 11.1 Å². The highest BCUT2D eigenvalue weighted by Crippen LogP contribution is 2.18. The normalized spacial score (nSPS) is 11.7. The number of amides is 1. The summed E-state index contributed by atoms with van der Waals surface area (Å²) >= 11 is 0. The molecule has 8 heteroatoms. The van der Waals surface area contributed by atoms with Crippen molar-refractivity contribution in [3.8, 4) is 0 Å². The van der Waals surface area contributed by atoms with Gasteiger partial charge in [-0.25, -0.2) is 18.2 Å². The van der Waals surface area contributed by atoms with Crippen LogP contribution in [-0.4, -0.2) is 31.4 Å². The van der Waals surface area contributed by atoms with Crippen LogP contribution in [-0.2, 0) is 21.4 Å². The van der Waals surface area contributed by atoms with E-state index in [0.717, 1.165) is 9.87 Å². The first kappa shape index (κ1) is 21.4. The van der Waals surface area contributed by atoms with Crippen LogP contribution >= 0.6 is 0 Å². The lowest BCUT2D eigenvalue weighted by atomic mass is 10.2. The van der Waals surface area contributed by atoms with Gasteiger partial charge in [0, 0.05) is 12.1 Å². The van der Waals surface area contributed by atoms with Crippen LogP contribution in [0, 0.1) is 5.82 Å². The first-order chi connectivity index (χ1) is 14.5. The fourth-order valence-corrected chi connectivity index (χ4v) is 4.11. The van der Waals surface area contributed by atoms with Crippen LogP contribution in [0.5, 0.6) is 0 Å². The molecule has 0 heterocycles. The number of nitrogens with one attached hydrogen (secondary N) is 1. The second-order valence-electron chi connectivity index (χ2n) is 6.39. The number of hydrogen-bond donors (Lipinski definition) is 1. The summed E-state index contributed by atoms with van der Waals surface area (Å²) in [6.45, 7) is -0.427. The van der Waals surface area contributed by atoms with Gasteiger partial charge in [0.05, 0.1) is 17.7 Å². The number of benzene rings is 3. The highest BCUT2D eigenvalue weighted by atomic mass is 32.2. The van der Waals surface area contributed by atoms with Gasteiger partial charge in [0.2, 0.25) is 10.0 Å². The van der Waals surface area contributed by atoms with E-state index in [4.69, 9.17) is 0 Å². The zero-order valence-electron chi connectivity index (χ0n) is 16.0. The lowest BCUT2D eigenvalue weighted by Crippen LogP contribution is -2.39. The molecule has 0 saturated heterocycles. The summed E-state index contributed by atoms with van der Waals surface area (Å²) in [5.74, 6) is -1.12. The third-order valence-electron chi connectivity index (χ3n) is 4.20. The average molecular weight is 425 g/mol. The average Bonchev–Trinajstić information content (AvgIpc) is 2.76. The Hall–Kier alpha value is -3.36. The second-order valence-corrected chi connectivity index (χ2v) is 8.32. The van der Waals surface area contributed by atoms with Crippen molar-refractivity contribution in [2.75, 3.05) is 6.54 Å². The number of rotatable bonds is 8. The van der Waals surface area contributed by atoms with E-state index in [0.29, 0.717) is 0 Å². The smallest absolute Gasteiger partial charge is 0.255 e. The molecule has 0 aliphatic heterocycles. The van der Waals surface area contributed by atoms with Crippen LogP contribution in [0.3, 0.4) is 0 Å². The Labute approximate surface area is 174 Å². The van der Waals surface area contributed by atoms with Crippen molar-refractivity contribution in [1.29, 1.82) is 0 Å². The SMILES string of the molecule is O=C(CN(Cc1ccccc1)S(=O)(=O)c1ccccc1)NN=Cc1ccccc1F. The Morgan fingerprint density at radius 3 is 2.20 bits per heavy atom. The van der Waals surface area contributed by atoms with E-state index in [1.54, 1.807) is 54.6 Å². The molecule has 0 aliphatic carbocycles. The molecule has 0 unspecified atom stereocenters. The molecule has 1 N–H and O–H groups in total. The number of nitrogens with zero attached hydrogens (tertiary/aromatic N) is 2. The summed E-state index contributed by atoms with van der Waals surface area (Å²) in [5, 5.41) is 3.73. The number of halogens is 1. The number of carbonyl (C=O) groups is 1. The monoisotopic (exact) mass is 425 g/mol. The summed E-state index contributed by atoms with van der Waals surface area (Å²) in [6.07, 6.45) is 1.17. The van der Waals surface area contributed by atoms with E-state index in [1.807, 2.05) is 6.07 Å². The van der Waals surface area contributed by atoms with Crippen molar-refractivity contribution < 1.29 is 17.6 Å². The fraction of sp³-hybridized carbons (Fsp3) is 0.0909. The van der Waals surface area contributed by atoms with Gasteiger partial charge in [0.15, 0.2) is 0 Å². The maximum absolute atomic E-state index is 13.6. The molecule has 3 aromatic carbocycles. The summed E-state index contributed by atoms with van der Waals surface area (Å²) in [6, 6.07) is 22.8. The molecule has 30 heavy (non-hydrogen) atoms. The van der Waals surface area contributed by atoms with Crippen LogP contribution in [0.2, 0.25) is 0 Å². The molecule has 1 amide bonds. The summed E-state index contributed by atoms with van der Waals surface area (Å²) in [7, 11) is -3.92. The van der Waals surface area contributed by atoms with Crippen LogP contribution in [0.25, 0.3) is 0 Å². The zero-order valence-corrected chi connectivity index (χ0v) is 16.8. The van der Waals surface area contributed by atoms with Crippen LogP contribution in [0.15, 0.2) is 94.9 Å². The van der Waals surface area contributed by atoms with Gasteiger partial charge in [-0.05, 0) is 23.8 Å². The minimum absolute atomic E-state index is 0.0164. The summed E-state index contributed by atoms with van der Waals surface area (Å²) in [4.78, 5) is 12.5. The number of sulfonamides is 1. The maximum atomic E-state index is 13.6. The van der Waals surface area contributed by atoms with Gasteiger partial charge in [-0.15, -0.1) is 0 Å². The van der Waals surface area contributed by atoms with Crippen molar-refractivity contribution in [2.24, 2.45) is 5.10 Å². The largest absolute Gasteiger partial charge is 0.272 e. The van der Waals surface area contributed by atoms with Crippen LogP contribution < -0.4 is 5.43 Å². The Kier molecular flexibility index (Phi) is 7.05. The van der Waals surface area contributed by atoms with Gasteiger partial charge in [-0.3, -0.25) is 4.79 Å². The van der Waals surface area contributed by atoms with Gasteiger partial charge < -0.3 is 0 Å². The Morgan fingerprint density at radius 1 is 0.933 bits per heavy atom. The molecular formula is C22H20FN3O3S. The predicted molar refractivity (Wildman–Crippen MR) is 113 cm³/mol. The van der Waals surface area contributed by atoms with Gasteiger partial charge in [-0.1, -0.05) is 66.7 Å². The molecule has 0 radical (unpaired) electrons. The molecule has 0 aliphatic rings. The van der Waals surface area contributed by atoms with E-state index >= 15 is 0 Å². The number of hydrazone groups is 1. The molecule has 3 rings (SSSR count). The Balaban J connectivity index is 1.76. The minimum Gasteiger partial charge on any atom is -0.272 e.